The maximum atomic E-state index is 6.38. The molecule has 0 aliphatic rings. The fraction of sp³-hybridized carbons (Fsp3) is 0.333. The predicted octanol–water partition coefficient (Wildman–Crippen LogP) is 5.02. The molecular weight excluding hydrogens is 469 g/mol. The molecule has 0 saturated carbocycles. The first-order valence-corrected chi connectivity index (χ1v) is 12.3. The van der Waals surface area contributed by atoms with Crippen molar-refractivity contribution in [3.8, 4) is 11.4 Å². The second-order valence-corrected chi connectivity index (χ2v) is 12.8. The average Bonchev–Trinajstić information content (AvgIpc) is 2.89. The van der Waals surface area contributed by atoms with Crippen LogP contribution < -0.4 is 0 Å². The number of ether oxygens (including phenoxy) is 1. The molecule has 0 amide bonds. The minimum Gasteiger partial charge on any atom is -0.360 e. The molecule has 4 nitrogen and oxygen atoms in total. The molecule has 0 aliphatic carbocycles. The summed E-state index contributed by atoms with van der Waals surface area (Å²) in [7, 11) is -0.566. The van der Waals surface area contributed by atoms with Crippen molar-refractivity contribution in [2.24, 2.45) is 0 Å². The van der Waals surface area contributed by atoms with E-state index in [0.29, 0.717) is 11.9 Å². The van der Waals surface area contributed by atoms with E-state index in [9.17, 15) is 0 Å². The third kappa shape index (κ3) is 4.48. The summed E-state index contributed by atoms with van der Waals surface area (Å²) in [5, 5.41) is 0.461. The molecule has 3 aromatic rings. The van der Waals surface area contributed by atoms with Crippen LogP contribution in [0.25, 0.3) is 22.4 Å². The Morgan fingerprint density at radius 2 is 1.96 bits per heavy atom. The van der Waals surface area contributed by atoms with Crippen LogP contribution in [0.4, 0.5) is 0 Å². The summed E-state index contributed by atoms with van der Waals surface area (Å²) in [6, 6.07) is 10.0. The summed E-state index contributed by atoms with van der Waals surface area (Å²) in [4.78, 5) is 9.02. The second-order valence-electron chi connectivity index (χ2n) is 6.64. The molecule has 3 rings (SSSR count). The molecule has 2 heterocycles. The highest BCUT2D eigenvalue weighted by molar-refractivity contribution is 14.1. The van der Waals surface area contributed by atoms with Gasteiger partial charge in [0.25, 0.3) is 0 Å². The summed E-state index contributed by atoms with van der Waals surface area (Å²) < 4.78 is 9.09. The Morgan fingerprint density at radius 1 is 1.20 bits per heavy atom. The first-order valence-electron chi connectivity index (χ1n) is 7.86. The molecule has 134 valence electrons. The van der Waals surface area contributed by atoms with Crippen molar-refractivity contribution in [2.75, 3.05) is 31.1 Å². The zero-order valence-corrected chi connectivity index (χ0v) is 18.2. The summed E-state index contributed by atoms with van der Waals surface area (Å²) in [6.07, 6.45) is 8.60. The number of para-hydroxylation sites is 2. The van der Waals surface area contributed by atoms with Crippen molar-refractivity contribution in [2.45, 2.75) is 6.73 Å². The Balaban J connectivity index is 1.98. The van der Waals surface area contributed by atoms with Crippen LogP contribution in [-0.2, 0) is 11.5 Å². The second kappa shape index (κ2) is 7.82. The lowest BCUT2D eigenvalue weighted by molar-refractivity contribution is 0.0934. The Hall–Kier alpha value is -0.830. The lowest BCUT2D eigenvalue weighted by atomic mass is 10.2. The van der Waals surface area contributed by atoms with Gasteiger partial charge in [-0.3, -0.25) is 4.57 Å². The minimum absolute atomic E-state index is 0.451. The van der Waals surface area contributed by atoms with E-state index in [4.69, 9.17) is 21.3 Å². The van der Waals surface area contributed by atoms with Gasteiger partial charge < -0.3 is 4.74 Å². The number of nitrogens with zero attached hydrogens (tertiary/aromatic N) is 3. The van der Waals surface area contributed by atoms with Crippen LogP contribution in [0.15, 0.2) is 36.5 Å². The summed E-state index contributed by atoms with van der Waals surface area (Å²) in [5.74, 6) is 1.88. The number of fused-ring (bicyclic) bond motifs is 1. The van der Waals surface area contributed by atoms with Crippen LogP contribution in [0, 0.1) is 3.57 Å². The lowest BCUT2D eigenvalue weighted by Crippen LogP contribution is -2.11. The Kier molecular flexibility index (Phi) is 5.92. The third-order valence-electron chi connectivity index (χ3n) is 3.79. The molecule has 0 atom stereocenters. The van der Waals surface area contributed by atoms with E-state index in [1.54, 1.807) is 6.20 Å². The van der Waals surface area contributed by atoms with E-state index < -0.39 is 10.0 Å². The van der Waals surface area contributed by atoms with Crippen molar-refractivity contribution >= 4 is 55.3 Å². The molecule has 2 aromatic heterocycles. The smallest absolute Gasteiger partial charge is 0.147 e. The number of pyridine rings is 1. The monoisotopic (exact) mass is 489 g/mol. The van der Waals surface area contributed by atoms with E-state index in [-0.39, 0.29) is 0 Å². The summed E-state index contributed by atoms with van der Waals surface area (Å²) >= 11 is 8.65. The molecule has 1 aromatic carbocycles. The summed E-state index contributed by atoms with van der Waals surface area (Å²) in [6.45, 7) is 1.19. The van der Waals surface area contributed by atoms with Gasteiger partial charge in [-0.1, -0.05) is 23.7 Å². The van der Waals surface area contributed by atoms with Gasteiger partial charge in [0.1, 0.15) is 17.7 Å². The molecule has 25 heavy (non-hydrogen) atoms. The van der Waals surface area contributed by atoms with Crippen LogP contribution in [0.1, 0.15) is 0 Å². The molecule has 0 N–H and O–H groups in total. The maximum absolute atomic E-state index is 6.38. The Bertz CT molecular complexity index is 871. The van der Waals surface area contributed by atoms with Gasteiger partial charge >= 0.3 is 0 Å². The van der Waals surface area contributed by atoms with Crippen LogP contribution in [-0.4, -0.2) is 45.7 Å². The SMILES string of the molecule is CS(C)(C)CCOCn1c(-c2c(I)ccnc2Cl)nc2ccccc21. The van der Waals surface area contributed by atoms with E-state index in [0.717, 1.165) is 38.4 Å². The number of hydrogen-bond donors (Lipinski definition) is 0. The molecule has 0 unspecified atom stereocenters. The van der Waals surface area contributed by atoms with E-state index in [1.165, 1.54) is 0 Å². The zero-order valence-electron chi connectivity index (χ0n) is 14.5. The fourth-order valence-corrected chi connectivity index (χ4v) is 4.15. The lowest BCUT2D eigenvalue weighted by Gasteiger charge is -2.24. The molecule has 0 aliphatic heterocycles. The third-order valence-corrected chi connectivity index (χ3v) is 6.37. The van der Waals surface area contributed by atoms with Crippen molar-refractivity contribution < 1.29 is 4.74 Å². The van der Waals surface area contributed by atoms with Crippen molar-refractivity contribution in [1.29, 1.82) is 0 Å². The van der Waals surface area contributed by atoms with Gasteiger partial charge in [0.05, 0.1) is 23.2 Å². The highest BCUT2D eigenvalue weighted by Crippen LogP contribution is 2.34. The molecular formula is C18H21ClIN3OS. The fourth-order valence-electron chi connectivity index (χ4n) is 2.48. The molecule has 0 bridgehead atoms. The standard InChI is InChI=1S/C18H21ClIN3OS/c1-25(2,3)11-10-24-12-23-15-7-5-4-6-14(15)22-18(23)16-13(20)8-9-21-17(16)19/h4-9H,10-12H2,1-3H3. The molecule has 0 saturated heterocycles. The Morgan fingerprint density at radius 3 is 2.68 bits per heavy atom. The minimum atomic E-state index is -0.566. The Labute approximate surface area is 168 Å². The van der Waals surface area contributed by atoms with Crippen molar-refractivity contribution in [1.82, 2.24) is 14.5 Å². The maximum Gasteiger partial charge on any atom is 0.147 e. The van der Waals surface area contributed by atoms with Gasteiger partial charge in [0.15, 0.2) is 0 Å². The van der Waals surface area contributed by atoms with Crippen LogP contribution in [0.3, 0.4) is 0 Å². The van der Waals surface area contributed by atoms with Gasteiger partial charge in [-0.2, -0.15) is 0 Å². The molecule has 0 spiro atoms. The van der Waals surface area contributed by atoms with E-state index in [2.05, 4.69) is 57.0 Å². The van der Waals surface area contributed by atoms with E-state index in [1.807, 2.05) is 24.3 Å². The van der Waals surface area contributed by atoms with Gasteiger partial charge in [0, 0.05) is 15.5 Å². The molecule has 0 fully saturated rings. The first kappa shape index (κ1) is 18.9. The largest absolute Gasteiger partial charge is 0.360 e. The van der Waals surface area contributed by atoms with Crippen molar-refractivity contribution in [3.05, 3.63) is 45.3 Å². The van der Waals surface area contributed by atoms with Gasteiger partial charge in [0.2, 0.25) is 0 Å². The quantitative estimate of drug-likeness (QED) is 0.277. The number of imidazole rings is 1. The molecule has 0 radical (unpaired) electrons. The number of benzene rings is 1. The van der Waals surface area contributed by atoms with Gasteiger partial charge in [-0.05, 0) is 59.6 Å². The van der Waals surface area contributed by atoms with Crippen LogP contribution >= 0.6 is 44.2 Å². The zero-order chi connectivity index (χ0) is 18.0. The highest BCUT2D eigenvalue weighted by Gasteiger charge is 2.18. The normalized spacial score (nSPS) is 12.7. The molecule has 7 heteroatoms. The van der Waals surface area contributed by atoms with E-state index >= 15 is 0 Å². The van der Waals surface area contributed by atoms with Gasteiger partial charge in [-0.25, -0.2) is 20.0 Å². The van der Waals surface area contributed by atoms with Crippen molar-refractivity contribution in [3.63, 3.8) is 0 Å². The number of rotatable bonds is 6. The predicted molar refractivity (Wildman–Crippen MR) is 117 cm³/mol. The topological polar surface area (TPSA) is 39.9 Å². The van der Waals surface area contributed by atoms with Crippen LogP contribution in [0.5, 0.6) is 0 Å². The van der Waals surface area contributed by atoms with Gasteiger partial charge in [-0.15, -0.1) is 0 Å². The number of aromatic nitrogens is 3. The average molecular weight is 490 g/mol. The number of hydrogen-bond acceptors (Lipinski definition) is 3. The van der Waals surface area contributed by atoms with Crippen LogP contribution in [0.2, 0.25) is 5.15 Å². The summed E-state index contributed by atoms with van der Waals surface area (Å²) in [5.41, 5.74) is 2.82. The number of halogens is 2. The highest BCUT2D eigenvalue weighted by atomic mass is 127. The first-order chi connectivity index (χ1) is 11.9.